The molecule has 1 amide bonds. The van der Waals surface area contributed by atoms with Crippen molar-refractivity contribution in [2.24, 2.45) is 7.05 Å². The lowest BCUT2D eigenvalue weighted by Gasteiger charge is -2.17. The van der Waals surface area contributed by atoms with Gasteiger partial charge in [0.15, 0.2) is 0 Å². The number of nitrogens with one attached hydrogen (secondary N) is 1. The van der Waals surface area contributed by atoms with Gasteiger partial charge in [-0.25, -0.2) is 4.79 Å². The second kappa shape index (κ2) is 8.98. The molecule has 3 aromatic heterocycles. The summed E-state index contributed by atoms with van der Waals surface area (Å²) < 4.78 is 9.03. The maximum absolute atomic E-state index is 13.2. The summed E-state index contributed by atoms with van der Waals surface area (Å²) in [6.07, 6.45) is 3.24. The number of rotatable bonds is 8. The number of furan rings is 1. The van der Waals surface area contributed by atoms with E-state index in [1.165, 1.54) is 22.2 Å². The van der Waals surface area contributed by atoms with Crippen molar-refractivity contribution in [3.63, 3.8) is 0 Å². The lowest BCUT2D eigenvalue weighted by atomic mass is 10.1. The first-order valence-electron chi connectivity index (χ1n) is 10.1. The van der Waals surface area contributed by atoms with Crippen LogP contribution in [0.4, 0.5) is 0 Å². The van der Waals surface area contributed by atoms with Crippen LogP contribution in [0.1, 0.15) is 42.8 Å². The Bertz CT molecular complexity index is 1230. The molecule has 0 bridgehead atoms. The predicted molar refractivity (Wildman–Crippen MR) is 113 cm³/mol. The molecule has 3 aromatic rings. The Labute approximate surface area is 172 Å². The molecule has 9 heteroatoms. The standard InChI is InChI=1S/C21H26N4O5/c1-4-10-24-16(26)13-15(18(27)22-9-8-14-7-6-12-30-14)17-19(24)23(3)21(29)25(11-5-2)20(17)28/h6-7,12-13H,4-5,8-11H2,1-3H3,(H,22,27). The Hall–Kier alpha value is -3.36. The van der Waals surface area contributed by atoms with Crippen molar-refractivity contribution in [3.05, 3.63) is 67.0 Å². The van der Waals surface area contributed by atoms with Crippen LogP contribution in [0.25, 0.3) is 11.0 Å². The summed E-state index contributed by atoms with van der Waals surface area (Å²) in [5.74, 6) is 0.178. The van der Waals surface area contributed by atoms with Crippen LogP contribution in [0.15, 0.2) is 43.3 Å². The minimum atomic E-state index is -0.559. The van der Waals surface area contributed by atoms with Crippen LogP contribution in [-0.2, 0) is 26.6 Å². The van der Waals surface area contributed by atoms with Crippen molar-refractivity contribution >= 4 is 16.9 Å². The summed E-state index contributed by atoms with van der Waals surface area (Å²) in [7, 11) is 1.51. The van der Waals surface area contributed by atoms with Crippen molar-refractivity contribution in [3.8, 4) is 0 Å². The van der Waals surface area contributed by atoms with E-state index in [1.54, 1.807) is 18.4 Å². The van der Waals surface area contributed by atoms with Gasteiger partial charge in [-0.15, -0.1) is 0 Å². The van der Waals surface area contributed by atoms with Crippen LogP contribution >= 0.6 is 0 Å². The molecular weight excluding hydrogens is 388 g/mol. The highest BCUT2D eigenvalue weighted by Gasteiger charge is 2.22. The predicted octanol–water partition coefficient (Wildman–Crippen LogP) is 1.25. The molecule has 0 aliphatic carbocycles. The number of pyridine rings is 1. The Kier molecular flexibility index (Phi) is 6.39. The van der Waals surface area contributed by atoms with Gasteiger partial charge in [0.05, 0.1) is 17.2 Å². The Balaban J connectivity index is 2.17. The summed E-state index contributed by atoms with van der Waals surface area (Å²) in [5, 5.41) is 2.82. The summed E-state index contributed by atoms with van der Waals surface area (Å²) in [6.45, 7) is 4.59. The van der Waals surface area contributed by atoms with E-state index in [1.807, 2.05) is 13.8 Å². The van der Waals surface area contributed by atoms with Gasteiger partial charge in [0.2, 0.25) is 0 Å². The van der Waals surface area contributed by atoms with Crippen molar-refractivity contribution in [1.82, 2.24) is 19.0 Å². The Morgan fingerprint density at radius 2 is 1.80 bits per heavy atom. The topological polar surface area (TPSA) is 108 Å². The first kappa shape index (κ1) is 21.4. The molecule has 3 heterocycles. The lowest BCUT2D eigenvalue weighted by molar-refractivity contribution is 0.0955. The lowest BCUT2D eigenvalue weighted by Crippen LogP contribution is -2.42. The van der Waals surface area contributed by atoms with E-state index in [-0.39, 0.29) is 29.7 Å². The largest absolute Gasteiger partial charge is 0.469 e. The second-order valence-electron chi connectivity index (χ2n) is 7.13. The third-order valence-electron chi connectivity index (χ3n) is 4.95. The van der Waals surface area contributed by atoms with Gasteiger partial charge in [0.1, 0.15) is 11.4 Å². The van der Waals surface area contributed by atoms with Gasteiger partial charge in [0, 0.05) is 39.2 Å². The normalized spacial score (nSPS) is 11.2. The maximum atomic E-state index is 13.2. The summed E-state index contributed by atoms with van der Waals surface area (Å²) in [5.41, 5.74) is -1.34. The fourth-order valence-corrected chi connectivity index (χ4v) is 3.58. The molecule has 0 saturated carbocycles. The smallest absolute Gasteiger partial charge is 0.332 e. The number of hydrogen-bond donors (Lipinski definition) is 1. The molecule has 0 saturated heterocycles. The number of aromatic nitrogens is 3. The molecule has 0 aliphatic heterocycles. The highest BCUT2D eigenvalue weighted by Crippen LogP contribution is 2.13. The number of hydrogen-bond acceptors (Lipinski definition) is 5. The highest BCUT2D eigenvalue weighted by molar-refractivity contribution is 6.05. The number of fused-ring (bicyclic) bond motifs is 1. The zero-order valence-corrected chi connectivity index (χ0v) is 17.4. The molecule has 0 spiro atoms. The number of aryl methyl sites for hydroxylation is 2. The molecule has 9 nitrogen and oxygen atoms in total. The monoisotopic (exact) mass is 414 g/mol. The molecule has 0 fully saturated rings. The van der Waals surface area contributed by atoms with Crippen LogP contribution in [0.3, 0.4) is 0 Å². The van der Waals surface area contributed by atoms with Crippen molar-refractivity contribution in [2.75, 3.05) is 6.54 Å². The van der Waals surface area contributed by atoms with Crippen LogP contribution < -0.4 is 22.1 Å². The van der Waals surface area contributed by atoms with E-state index in [9.17, 15) is 19.2 Å². The molecule has 0 aromatic carbocycles. The van der Waals surface area contributed by atoms with E-state index >= 15 is 0 Å². The van der Waals surface area contributed by atoms with E-state index in [4.69, 9.17) is 4.42 Å². The van der Waals surface area contributed by atoms with Gasteiger partial charge < -0.3 is 9.73 Å². The van der Waals surface area contributed by atoms with Crippen molar-refractivity contribution in [1.29, 1.82) is 0 Å². The molecule has 160 valence electrons. The first-order chi connectivity index (χ1) is 14.4. The third kappa shape index (κ3) is 3.87. The number of nitrogens with zero attached hydrogens (tertiary/aromatic N) is 3. The van der Waals surface area contributed by atoms with Gasteiger partial charge in [-0.3, -0.25) is 28.1 Å². The average Bonchev–Trinajstić information content (AvgIpc) is 3.24. The number of carbonyl (C=O) groups excluding carboxylic acids is 1. The molecule has 0 atom stereocenters. The summed E-state index contributed by atoms with van der Waals surface area (Å²) >= 11 is 0. The molecule has 1 N–H and O–H groups in total. The highest BCUT2D eigenvalue weighted by atomic mass is 16.3. The van der Waals surface area contributed by atoms with Crippen LogP contribution in [0.5, 0.6) is 0 Å². The molecule has 3 rings (SSSR count). The van der Waals surface area contributed by atoms with Gasteiger partial charge >= 0.3 is 5.69 Å². The van der Waals surface area contributed by atoms with Gasteiger partial charge in [-0.1, -0.05) is 13.8 Å². The van der Waals surface area contributed by atoms with Gasteiger partial charge in [-0.05, 0) is 25.0 Å². The summed E-state index contributed by atoms with van der Waals surface area (Å²) in [4.78, 5) is 51.6. The van der Waals surface area contributed by atoms with Crippen LogP contribution in [-0.4, -0.2) is 26.2 Å². The van der Waals surface area contributed by atoms with Crippen molar-refractivity contribution < 1.29 is 9.21 Å². The molecule has 0 aliphatic rings. The van der Waals surface area contributed by atoms with E-state index in [0.717, 1.165) is 4.57 Å². The molecule has 30 heavy (non-hydrogen) atoms. The fourth-order valence-electron chi connectivity index (χ4n) is 3.58. The van der Waals surface area contributed by atoms with Gasteiger partial charge in [0.25, 0.3) is 17.0 Å². The van der Waals surface area contributed by atoms with E-state index in [2.05, 4.69) is 5.32 Å². The minimum absolute atomic E-state index is 0.0211. The first-order valence-corrected chi connectivity index (χ1v) is 10.1. The second-order valence-corrected chi connectivity index (χ2v) is 7.13. The average molecular weight is 414 g/mol. The van der Waals surface area contributed by atoms with Gasteiger partial charge in [-0.2, -0.15) is 0 Å². The maximum Gasteiger partial charge on any atom is 0.332 e. The zero-order valence-electron chi connectivity index (χ0n) is 17.4. The van der Waals surface area contributed by atoms with Crippen molar-refractivity contribution in [2.45, 2.75) is 46.2 Å². The Morgan fingerprint density at radius 1 is 1.10 bits per heavy atom. The quantitative estimate of drug-likeness (QED) is 0.597. The molecular formula is C21H26N4O5. The zero-order chi connectivity index (χ0) is 21.8. The van der Waals surface area contributed by atoms with E-state index in [0.29, 0.717) is 31.6 Å². The molecule has 0 radical (unpaired) electrons. The SMILES string of the molecule is CCCn1c(=O)c2c(C(=O)NCCc3ccco3)cc(=O)n(CCC)c2n(C)c1=O. The number of carbonyl (C=O) groups is 1. The van der Waals surface area contributed by atoms with E-state index < -0.39 is 22.7 Å². The van der Waals surface area contributed by atoms with Crippen LogP contribution in [0, 0.1) is 0 Å². The third-order valence-corrected chi connectivity index (χ3v) is 4.95. The molecule has 0 unspecified atom stereocenters. The summed E-state index contributed by atoms with van der Waals surface area (Å²) in [6, 6.07) is 4.74. The van der Waals surface area contributed by atoms with Crippen LogP contribution in [0.2, 0.25) is 0 Å². The minimum Gasteiger partial charge on any atom is -0.469 e. The Morgan fingerprint density at radius 3 is 2.43 bits per heavy atom. The number of amides is 1. The fraction of sp³-hybridized carbons (Fsp3) is 0.429.